The summed E-state index contributed by atoms with van der Waals surface area (Å²) in [6, 6.07) is 7.68. The number of hydrogen-bond donors (Lipinski definition) is 0. The number of hydrogen-bond acceptors (Lipinski definition) is 3. The highest BCUT2D eigenvalue weighted by Crippen LogP contribution is 2.13. The van der Waals surface area contributed by atoms with Crippen molar-refractivity contribution in [1.29, 1.82) is 0 Å². The van der Waals surface area contributed by atoms with Gasteiger partial charge in [-0.3, -0.25) is 0 Å². The molecule has 1 rings (SSSR count). The Kier molecular flexibility index (Phi) is 4.72. The predicted octanol–water partition coefficient (Wildman–Crippen LogP) is 1.80. The molecule has 0 aromatic heterocycles. The van der Waals surface area contributed by atoms with E-state index in [4.69, 9.17) is 9.47 Å². The lowest BCUT2D eigenvalue weighted by Crippen LogP contribution is -1.96. The van der Waals surface area contributed by atoms with Gasteiger partial charge in [0, 0.05) is 6.42 Å². The van der Waals surface area contributed by atoms with Gasteiger partial charge in [0.2, 0.25) is 0 Å². The number of aldehydes is 1. The summed E-state index contributed by atoms with van der Waals surface area (Å²) in [5.41, 5.74) is 1.05. The Bertz CT molecular complexity index is 284. The third-order valence-electron chi connectivity index (χ3n) is 1.78. The molecule has 0 N–H and O–H groups in total. The molecule has 1 aromatic carbocycles. The topological polar surface area (TPSA) is 35.5 Å². The lowest BCUT2D eigenvalue weighted by atomic mass is 10.2. The number of carbonyl (C=O) groups excluding carboxylic acids is 1. The minimum absolute atomic E-state index is 0.448. The van der Waals surface area contributed by atoms with E-state index in [1.165, 1.54) is 0 Å². The molecule has 76 valence electrons. The van der Waals surface area contributed by atoms with E-state index >= 15 is 0 Å². The van der Waals surface area contributed by atoms with Gasteiger partial charge in [-0.2, -0.15) is 0 Å². The van der Waals surface area contributed by atoms with Gasteiger partial charge in [-0.05, 0) is 17.7 Å². The van der Waals surface area contributed by atoms with Crippen molar-refractivity contribution in [1.82, 2.24) is 0 Å². The molecule has 0 unspecified atom stereocenters. The normalized spacial score (nSPS) is 9.79. The Morgan fingerprint density at radius 3 is 3.00 bits per heavy atom. The zero-order valence-electron chi connectivity index (χ0n) is 8.23. The van der Waals surface area contributed by atoms with Crippen molar-refractivity contribution in [3.63, 3.8) is 0 Å². The van der Waals surface area contributed by atoms with Crippen molar-refractivity contribution in [2.24, 2.45) is 0 Å². The van der Waals surface area contributed by atoms with E-state index in [-0.39, 0.29) is 0 Å². The van der Waals surface area contributed by atoms with Crippen LogP contribution in [0.15, 0.2) is 24.3 Å². The van der Waals surface area contributed by atoms with Crippen LogP contribution in [0.1, 0.15) is 12.0 Å². The molecule has 0 saturated carbocycles. The predicted molar refractivity (Wildman–Crippen MR) is 53.3 cm³/mol. The van der Waals surface area contributed by atoms with Crippen LogP contribution in [-0.4, -0.2) is 20.0 Å². The second kappa shape index (κ2) is 6.16. The molecule has 0 radical (unpaired) electrons. The highest BCUT2D eigenvalue weighted by atomic mass is 16.5. The second-order valence-corrected chi connectivity index (χ2v) is 2.86. The van der Waals surface area contributed by atoms with Crippen molar-refractivity contribution < 1.29 is 14.3 Å². The van der Waals surface area contributed by atoms with Crippen LogP contribution >= 0.6 is 0 Å². The number of ether oxygens (including phenoxy) is 2. The average molecular weight is 194 g/mol. The van der Waals surface area contributed by atoms with E-state index in [2.05, 4.69) is 0 Å². The quantitative estimate of drug-likeness (QED) is 0.511. The maximum absolute atomic E-state index is 10.0. The third-order valence-corrected chi connectivity index (χ3v) is 1.78. The highest BCUT2D eigenvalue weighted by molar-refractivity contribution is 5.49. The van der Waals surface area contributed by atoms with Crippen molar-refractivity contribution in [2.75, 3.05) is 13.7 Å². The zero-order chi connectivity index (χ0) is 10.2. The third kappa shape index (κ3) is 3.58. The SMILES string of the molecule is COc1cccc(COCCC=O)c1. The van der Waals surface area contributed by atoms with Gasteiger partial charge in [-0.25, -0.2) is 0 Å². The smallest absolute Gasteiger partial charge is 0.122 e. The van der Waals surface area contributed by atoms with Gasteiger partial charge in [-0.1, -0.05) is 12.1 Å². The Balaban J connectivity index is 2.38. The number of rotatable bonds is 6. The summed E-state index contributed by atoms with van der Waals surface area (Å²) in [6.07, 6.45) is 1.30. The summed E-state index contributed by atoms with van der Waals surface area (Å²) in [6.45, 7) is 0.992. The summed E-state index contributed by atoms with van der Waals surface area (Å²) >= 11 is 0. The van der Waals surface area contributed by atoms with Gasteiger partial charge in [0.15, 0.2) is 0 Å². The van der Waals surface area contributed by atoms with Crippen molar-refractivity contribution >= 4 is 6.29 Å². The Morgan fingerprint density at radius 2 is 2.29 bits per heavy atom. The number of carbonyl (C=O) groups is 1. The largest absolute Gasteiger partial charge is 0.497 e. The minimum atomic E-state index is 0.448. The maximum atomic E-state index is 10.0. The first kappa shape index (κ1) is 10.7. The molecule has 0 spiro atoms. The lowest BCUT2D eigenvalue weighted by molar-refractivity contribution is -0.108. The van der Waals surface area contributed by atoms with Crippen LogP contribution in [0.3, 0.4) is 0 Å². The number of methoxy groups -OCH3 is 1. The van der Waals surface area contributed by atoms with Gasteiger partial charge >= 0.3 is 0 Å². The molecule has 0 atom stereocenters. The lowest BCUT2D eigenvalue weighted by Gasteiger charge is -2.04. The minimum Gasteiger partial charge on any atom is -0.497 e. The van der Waals surface area contributed by atoms with Gasteiger partial charge in [0.1, 0.15) is 12.0 Å². The first-order valence-electron chi connectivity index (χ1n) is 4.51. The van der Waals surface area contributed by atoms with E-state index < -0.39 is 0 Å². The summed E-state index contributed by atoms with van der Waals surface area (Å²) in [7, 11) is 1.63. The molecule has 0 aliphatic heterocycles. The van der Waals surface area contributed by atoms with Gasteiger partial charge < -0.3 is 14.3 Å². The Labute approximate surface area is 83.6 Å². The highest BCUT2D eigenvalue weighted by Gasteiger charge is 1.95. The molecular formula is C11H14O3. The van der Waals surface area contributed by atoms with Crippen molar-refractivity contribution in [3.05, 3.63) is 29.8 Å². The monoisotopic (exact) mass is 194 g/mol. The van der Waals surface area contributed by atoms with Crippen molar-refractivity contribution in [2.45, 2.75) is 13.0 Å². The van der Waals surface area contributed by atoms with Crippen LogP contribution in [0.5, 0.6) is 5.75 Å². The Morgan fingerprint density at radius 1 is 1.43 bits per heavy atom. The molecule has 0 amide bonds. The summed E-state index contributed by atoms with van der Waals surface area (Å²) in [4.78, 5) is 10.0. The summed E-state index contributed by atoms with van der Waals surface area (Å²) in [5.74, 6) is 0.821. The van der Waals surface area contributed by atoms with E-state index in [9.17, 15) is 4.79 Å². The second-order valence-electron chi connectivity index (χ2n) is 2.86. The molecule has 0 bridgehead atoms. The van der Waals surface area contributed by atoms with Gasteiger partial charge in [-0.15, -0.1) is 0 Å². The van der Waals surface area contributed by atoms with Crippen LogP contribution in [-0.2, 0) is 16.1 Å². The molecule has 14 heavy (non-hydrogen) atoms. The molecule has 0 aliphatic rings. The fraction of sp³-hybridized carbons (Fsp3) is 0.364. The number of benzene rings is 1. The molecular weight excluding hydrogens is 180 g/mol. The standard InChI is InChI=1S/C11H14O3/c1-13-11-5-2-4-10(8-11)9-14-7-3-6-12/h2,4-6,8H,3,7,9H2,1H3. The van der Waals surface area contributed by atoms with Crippen LogP contribution < -0.4 is 4.74 Å². The van der Waals surface area contributed by atoms with Crippen molar-refractivity contribution in [3.8, 4) is 5.75 Å². The maximum Gasteiger partial charge on any atom is 0.122 e. The molecule has 0 fully saturated rings. The molecule has 3 heteroatoms. The van der Waals surface area contributed by atoms with E-state index in [0.717, 1.165) is 17.6 Å². The fourth-order valence-electron chi connectivity index (χ4n) is 1.08. The molecule has 0 aliphatic carbocycles. The first-order chi connectivity index (χ1) is 6.86. The molecule has 1 aromatic rings. The molecule has 0 saturated heterocycles. The van der Waals surface area contributed by atoms with Gasteiger partial charge in [0.05, 0.1) is 20.3 Å². The summed E-state index contributed by atoms with van der Waals surface area (Å²) in [5, 5.41) is 0. The van der Waals surface area contributed by atoms with Crippen LogP contribution in [0.4, 0.5) is 0 Å². The van der Waals surface area contributed by atoms with Gasteiger partial charge in [0.25, 0.3) is 0 Å². The van der Waals surface area contributed by atoms with E-state index in [1.54, 1.807) is 7.11 Å². The van der Waals surface area contributed by atoms with Crippen LogP contribution in [0.2, 0.25) is 0 Å². The van der Waals surface area contributed by atoms with Crippen LogP contribution in [0, 0.1) is 0 Å². The summed E-state index contributed by atoms with van der Waals surface area (Å²) < 4.78 is 10.3. The first-order valence-corrected chi connectivity index (χ1v) is 4.51. The fourth-order valence-corrected chi connectivity index (χ4v) is 1.08. The Hall–Kier alpha value is -1.35. The van der Waals surface area contributed by atoms with Crippen LogP contribution in [0.25, 0.3) is 0 Å². The van der Waals surface area contributed by atoms with E-state index in [1.807, 2.05) is 24.3 Å². The zero-order valence-corrected chi connectivity index (χ0v) is 8.23. The average Bonchev–Trinajstić information content (AvgIpc) is 2.25. The molecule has 0 heterocycles. The van der Waals surface area contributed by atoms with E-state index in [0.29, 0.717) is 19.6 Å². The molecule has 3 nitrogen and oxygen atoms in total.